The van der Waals surface area contributed by atoms with Crippen LogP contribution >= 0.6 is 0 Å². The highest BCUT2D eigenvalue weighted by Gasteiger charge is 2.06. The Balaban J connectivity index is 2.57. The summed E-state index contributed by atoms with van der Waals surface area (Å²) in [7, 11) is -1.61. The van der Waals surface area contributed by atoms with E-state index in [2.05, 4.69) is 4.72 Å². The Morgan fingerprint density at radius 3 is 2.72 bits per heavy atom. The Hall–Kier alpha value is -1.11. The van der Waals surface area contributed by atoms with Crippen molar-refractivity contribution in [3.8, 4) is 0 Å². The summed E-state index contributed by atoms with van der Waals surface area (Å²) in [6, 6.07) is 7.16. The number of nitrogens with one attached hydrogen (secondary N) is 1. The van der Waals surface area contributed by atoms with Crippen molar-refractivity contribution in [2.75, 3.05) is 30.8 Å². The maximum atomic E-state index is 11.4. The summed E-state index contributed by atoms with van der Waals surface area (Å²) >= 11 is 0. The molecule has 0 unspecified atom stereocenters. The fraction of sp³-hybridized carbons (Fsp3) is 0.500. The summed E-state index contributed by atoms with van der Waals surface area (Å²) < 4.78 is 35.6. The molecule has 1 aromatic rings. The van der Waals surface area contributed by atoms with Gasteiger partial charge in [-0.2, -0.15) is 0 Å². The molecule has 0 aliphatic rings. The van der Waals surface area contributed by atoms with Crippen molar-refractivity contribution < 1.29 is 17.9 Å². The van der Waals surface area contributed by atoms with E-state index in [1.54, 1.807) is 32.2 Å². The third-order valence-corrected chi connectivity index (χ3v) is 3.59. The van der Waals surface area contributed by atoms with Crippen molar-refractivity contribution >= 4 is 15.7 Å². The van der Waals surface area contributed by atoms with Crippen LogP contribution in [0.25, 0.3) is 0 Å². The number of ether oxygens (including phenoxy) is 2. The Bertz CT molecular complexity index is 459. The molecule has 0 atom stereocenters. The van der Waals surface area contributed by atoms with Crippen molar-refractivity contribution in [3.05, 3.63) is 29.8 Å². The normalized spacial score (nSPS) is 11.4. The lowest BCUT2D eigenvalue weighted by atomic mass is 10.2. The zero-order chi connectivity index (χ0) is 13.4. The van der Waals surface area contributed by atoms with Gasteiger partial charge in [0, 0.05) is 12.8 Å². The molecule has 0 aliphatic heterocycles. The molecule has 1 aromatic carbocycles. The third kappa shape index (κ3) is 5.48. The smallest absolute Gasteiger partial charge is 0.232 e. The van der Waals surface area contributed by atoms with Gasteiger partial charge in [0.1, 0.15) is 0 Å². The standard InChI is InChI=1S/C12H19NO4S/c1-3-18(14,15)13-12-6-4-5-11(9-12)10-17-8-7-16-2/h4-6,9,13H,3,7-8,10H2,1-2H3. The lowest BCUT2D eigenvalue weighted by Gasteiger charge is -2.08. The first kappa shape index (κ1) is 14.9. The molecule has 0 fully saturated rings. The molecule has 5 nitrogen and oxygen atoms in total. The second kappa shape index (κ2) is 7.35. The summed E-state index contributed by atoms with van der Waals surface area (Å²) in [5, 5.41) is 0. The molecule has 0 aliphatic carbocycles. The van der Waals surface area contributed by atoms with Crippen LogP contribution in [0.4, 0.5) is 5.69 Å². The van der Waals surface area contributed by atoms with Gasteiger partial charge in [0.15, 0.2) is 0 Å². The fourth-order valence-electron chi connectivity index (χ4n) is 1.31. The van der Waals surface area contributed by atoms with Crippen LogP contribution in [0, 0.1) is 0 Å². The van der Waals surface area contributed by atoms with Gasteiger partial charge >= 0.3 is 0 Å². The highest BCUT2D eigenvalue weighted by atomic mass is 32.2. The molecule has 18 heavy (non-hydrogen) atoms. The van der Waals surface area contributed by atoms with E-state index in [-0.39, 0.29) is 5.75 Å². The number of rotatable bonds is 8. The summed E-state index contributed by atoms with van der Waals surface area (Å²) in [5.74, 6) is 0.0571. The van der Waals surface area contributed by atoms with Crippen LogP contribution < -0.4 is 4.72 Å². The molecule has 0 heterocycles. The van der Waals surface area contributed by atoms with Gasteiger partial charge in [-0.05, 0) is 24.6 Å². The van der Waals surface area contributed by atoms with Crippen molar-refractivity contribution in [3.63, 3.8) is 0 Å². The SMILES string of the molecule is CCS(=O)(=O)Nc1cccc(COCCOC)c1. The van der Waals surface area contributed by atoms with E-state index in [0.717, 1.165) is 5.56 Å². The van der Waals surface area contributed by atoms with Gasteiger partial charge in [-0.3, -0.25) is 4.72 Å². The zero-order valence-electron chi connectivity index (χ0n) is 10.7. The summed E-state index contributed by atoms with van der Waals surface area (Å²) in [4.78, 5) is 0. The minimum atomic E-state index is -3.23. The fourth-order valence-corrected chi connectivity index (χ4v) is 1.94. The summed E-state index contributed by atoms with van der Waals surface area (Å²) in [5.41, 5.74) is 1.48. The van der Waals surface area contributed by atoms with E-state index in [1.807, 2.05) is 6.07 Å². The quantitative estimate of drug-likeness (QED) is 0.731. The first-order valence-electron chi connectivity index (χ1n) is 5.73. The van der Waals surface area contributed by atoms with E-state index in [0.29, 0.717) is 25.5 Å². The zero-order valence-corrected chi connectivity index (χ0v) is 11.5. The number of hydrogen-bond donors (Lipinski definition) is 1. The van der Waals surface area contributed by atoms with Gasteiger partial charge in [0.2, 0.25) is 10.0 Å². The maximum absolute atomic E-state index is 11.4. The molecule has 1 N–H and O–H groups in total. The number of methoxy groups -OCH3 is 1. The maximum Gasteiger partial charge on any atom is 0.232 e. The average molecular weight is 273 g/mol. The van der Waals surface area contributed by atoms with Gasteiger partial charge in [0.05, 0.1) is 25.6 Å². The van der Waals surface area contributed by atoms with Gasteiger partial charge in [-0.25, -0.2) is 8.42 Å². The van der Waals surface area contributed by atoms with Crippen LogP contribution in [0.2, 0.25) is 0 Å². The molecule has 0 aromatic heterocycles. The largest absolute Gasteiger partial charge is 0.382 e. The van der Waals surface area contributed by atoms with Gasteiger partial charge < -0.3 is 9.47 Å². The molecule has 1 rings (SSSR count). The van der Waals surface area contributed by atoms with Crippen LogP contribution in [0.1, 0.15) is 12.5 Å². The predicted octanol–water partition coefficient (Wildman–Crippen LogP) is 1.61. The highest BCUT2D eigenvalue weighted by molar-refractivity contribution is 7.92. The topological polar surface area (TPSA) is 64.6 Å². The van der Waals surface area contributed by atoms with Crippen LogP contribution in [0.5, 0.6) is 0 Å². The second-order valence-corrected chi connectivity index (χ2v) is 5.76. The van der Waals surface area contributed by atoms with E-state index in [4.69, 9.17) is 9.47 Å². The minimum absolute atomic E-state index is 0.0571. The number of hydrogen-bond acceptors (Lipinski definition) is 4. The molecular weight excluding hydrogens is 254 g/mol. The number of sulfonamides is 1. The summed E-state index contributed by atoms with van der Waals surface area (Å²) in [6.45, 7) is 3.09. The summed E-state index contributed by atoms with van der Waals surface area (Å²) in [6.07, 6.45) is 0. The van der Waals surface area contributed by atoms with E-state index < -0.39 is 10.0 Å². The van der Waals surface area contributed by atoms with Crippen LogP contribution in [0.15, 0.2) is 24.3 Å². The molecule has 0 saturated heterocycles. The Kier molecular flexibility index (Phi) is 6.11. The molecule has 0 spiro atoms. The number of anilines is 1. The number of benzene rings is 1. The van der Waals surface area contributed by atoms with Gasteiger partial charge in [-0.15, -0.1) is 0 Å². The average Bonchev–Trinajstić information content (AvgIpc) is 2.35. The van der Waals surface area contributed by atoms with Crippen LogP contribution in [-0.4, -0.2) is 34.5 Å². The molecular formula is C12H19NO4S. The Labute approximate surface area is 108 Å². The molecule has 0 bridgehead atoms. The van der Waals surface area contributed by atoms with Crippen molar-refractivity contribution in [2.45, 2.75) is 13.5 Å². The lowest BCUT2D eigenvalue weighted by Crippen LogP contribution is -2.14. The third-order valence-electron chi connectivity index (χ3n) is 2.28. The second-order valence-electron chi connectivity index (χ2n) is 3.75. The Morgan fingerprint density at radius 2 is 2.06 bits per heavy atom. The molecule has 102 valence electrons. The van der Waals surface area contributed by atoms with Gasteiger partial charge in [-0.1, -0.05) is 12.1 Å². The first-order valence-corrected chi connectivity index (χ1v) is 7.38. The van der Waals surface area contributed by atoms with Crippen molar-refractivity contribution in [1.29, 1.82) is 0 Å². The first-order chi connectivity index (χ1) is 8.57. The lowest BCUT2D eigenvalue weighted by molar-refractivity contribution is 0.0617. The molecule has 0 saturated carbocycles. The van der Waals surface area contributed by atoms with E-state index in [9.17, 15) is 8.42 Å². The van der Waals surface area contributed by atoms with Crippen molar-refractivity contribution in [1.82, 2.24) is 0 Å². The molecule has 0 radical (unpaired) electrons. The van der Waals surface area contributed by atoms with Crippen molar-refractivity contribution in [2.24, 2.45) is 0 Å². The van der Waals surface area contributed by atoms with Gasteiger partial charge in [0.25, 0.3) is 0 Å². The predicted molar refractivity (Wildman–Crippen MR) is 71.1 cm³/mol. The van der Waals surface area contributed by atoms with Crippen LogP contribution in [0.3, 0.4) is 0 Å². The monoisotopic (exact) mass is 273 g/mol. The molecule has 0 amide bonds. The van der Waals surface area contributed by atoms with Crippen LogP contribution in [-0.2, 0) is 26.1 Å². The van der Waals surface area contributed by atoms with E-state index in [1.165, 1.54) is 0 Å². The minimum Gasteiger partial charge on any atom is -0.382 e. The molecule has 6 heteroatoms. The Morgan fingerprint density at radius 1 is 1.28 bits per heavy atom. The van der Waals surface area contributed by atoms with E-state index >= 15 is 0 Å². The highest BCUT2D eigenvalue weighted by Crippen LogP contribution is 2.13.